The number of aromatic nitrogens is 2. The Balaban J connectivity index is 1.79. The number of allylic oxidation sites excluding steroid dienone is 1. The summed E-state index contributed by atoms with van der Waals surface area (Å²) < 4.78 is 1.10. The van der Waals surface area contributed by atoms with Crippen molar-refractivity contribution in [1.82, 2.24) is 14.0 Å². The van der Waals surface area contributed by atoms with E-state index in [-0.39, 0.29) is 29.9 Å². The van der Waals surface area contributed by atoms with Crippen molar-refractivity contribution in [1.29, 1.82) is 0 Å². The first-order valence-corrected chi connectivity index (χ1v) is 16.6. The van der Waals surface area contributed by atoms with E-state index in [1.54, 1.807) is 13.0 Å². The zero-order valence-corrected chi connectivity index (χ0v) is 27.9. The number of imide groups is 1. The van der Waals surface area contributed by atoms with Gasteiger partial charge in [-0.1, -0.05) is 11.8 Å². The van der Waals surface area contributed by atoms with Crippen molar-refractivity contribution in [2.75, 3.05) is 18.5 Å². The highest BCUT2D eigenvalue weighted by Crippen LogP contribution is 2.46. The third-order valence-corrected chi connectivity index (χ3v) is 12.0. The molecule has 19 heteroatoms. The number of carboxylic acids is 3. The number of rotatable bonds is 8. The number of thiazole rings is 2. The lowest BCUT2D eigenvalue weighted by Crippen LogP contribution is -2.35. The third kappa shape index (κ3) is 6.31. The quantitative estimate of drug-likeness (QED) is 0.250. The van der Waals surface area contributed by atoms with Crippen LogP contribution in [0, 0.1) is 16.1 Å². The summed E-state index contributed by atoms with van der Waals surface area (Å²) in [5.41, 5.74) is 1.34. The van der Waals surface area contributed by atoms with E-state index in [9.17, 15) is 48.9 Å². The topological polar surface area (TPSA) is 217 Å². The molecule has 4 heterocycles. The number of aliphatic hydroxyl groups excluding tert-OH is 1. The monoisotopic (exact) mass is 720 g/mol. The zero-order chi connectivity index (χ0) is 34.5. The van der Waals surface area contributed by atoms with Gasteiger partial charge in [0.15, 0.2) is 0 Å². The molecule has 2 aromatic heterocycles. The van der Waals surface area contributed by atoms with Gasteiger partial charge in [0.2, 0.25) is 0 Å². The molecule has 0 aliphatic carbocycles. The maximum atomic E-state index is 13.7. The molecule has 0 bridgehead atoms. The summed E-state index contributed by atoms with van der Waals surface area (Å²) in [6, 6.07) is 3.81. The number of fused-ring (bicyclic) bond motifs is 1. The average molecular weight is 721 g/mol. The fraction of sp³-hybridized carbons (Fsp3) is 0.250. The highest BCUT2D eigenvalue weighted by Gasteiger charge is 2.38. The number of benzene rings is 1. The van der Waals surface area contributed by atoms with Crippen LogP contribution in [0.1, 0.15) is 18.1 Å². The molecule has 0 saturated carbocycles. The summed E-state index contributed by atoms with van der Waals surface area (Å²) >= 11 is 3.15. The number of hydrogen-bond donors (Lipinski definition) is 4. The number of carboxylic acid groups (broad SMARTS) is 3. The molecule has 0 spiro atoms. The lowest BCUT2D eigenvalue weighted by Gasteiger charge is -2.14. The predicted molar refractivity (Wildman–Crippen MR) is 174 cm³/mol. The SMILES string of the molecule is C/C(C=C1Sc2cc(CO)c(C)cc2N1C)=c1\s/c(=c2/s/c(=C3/SC(=O)N(CC(=O)O)C3=O)n(CC(=O)O)c2=O)n(CC(=O)O)c1=O. The summed E-state index contributed by atoms with van der Waals surface area (Å²) in [4.78, 5) is 90.3. The average Bonchev–Trinajstić information content (AvgIpc) is 3.66. The molecule has 246 valence electrons. The fourth-order valence-electron chi connectivity index (χ4n) is 4.80. The van der Waals surface area contributed by atoms with E-state index >= 15 is 0 Å². The molecule has 1 fully saturated rings. The minimum Gasteiger partial charge on any atom is -0.480 e. The van der Waals surface area contributed by atoms with Crippen molar-refractivity contribution in [3.8, 4) is 0 Å². The largest absolute Gasteiger partial charge is 0.480 e. The smallest absolute Gasteiger partial charge is 0.323 e. The van der Waals surface area contributed by atoms with E-state index in [1.807, 2.05) is 31.0 Å². The van der Waals surface area contributed by atoms with Crippen LogP contribution in [-0.4, -0.2) is 77.1 Å². The molecule has 2 aliphatic rings. The number of amides is 2. The summed E-state index contributed by atoms with van der Waals surface area (Å²) in [5.74, 6) is -5.36. The van der Waals surface area contributed by atoms with Crippen LogP contribution in [0.5, 0.6) is 0 Å². The molecule has 0 radical (unpaired) electrons. The highest BCUT2D eigenvalue weighted by atomic mass is 32.2. The maximum Gasteiger partial charge on any atom is 0.323 e. The van der Waals surface area contributed by atoms with Crippen molar-refractivity contribution in [3.05, 3.63) is 73.5 Å². The highest BCUT2D eigenvalue weighted by molar-refractivity contribution is 8.23. The summed E-state index contributed by atoms with van der Waals surface area (Å²) in [7, 11) is 1.83. The van der Waals surface area contributed by atoms with Crippen molar-refractivity contribution < 1.29 is 44.4 Å². The van der Waals surface area contributed by atoms with Gasteiger partial charge in [0.1, 0.15) is 38.4 Å². The molecule has 47 heavy (non-hydrogen) atoms. The molecule has 5 rings (SSSR count). The zero-order valence-electron chi connectivity index (χ0n) is 24.6. The van der Waals surface area contributed by atoms with Gasteiger partial charge in [0, 0.05) is 11.9 Å². The number of aliphatic carboxylic acids is 3. The van der Waals surface area contributed by atoms with Gasteiger partial charge in [0.25, 0.3) is 22.3 Å². The van der Waals surface area contributed by atoms with E-state index in [0.717, 1.165) is 47.2 Å². The summed E-state index contributed by atoms with van der Waals surface area (Å²) in [6.07, 6.45) is 1.73. The fourth-order valence-corrected chi connectivity index (χ4v) is 9.40. The number of aliphatic hydroxyl groups is 1. The van der Waals surface area contributed by atoms with Crippen LogP contribution in [0.2, 0.25) is 0 Å². The molecule has 15 nitrogen and oxygen atoms in total. The van der Waals surface area contributed by atoms with E-state index < -0.39 is 59.8 Å². The van der Waals surface area contributed by atoms with Crippen LogP contribution in [0.3, 0.4) is 0 Å². The normalized spacial score (nSPS) is 17.9. The second-order valence-electron chi connectivity index (χ2n) is 10.3. The van der Waals surface area contributed by atoms with E-state index in [1.165, 1.54) is 11.8 Å². The standard InChI is InChI=1S/C28H24N4O11S4/c1-11-4-14-15(6-13(11)10-33)44-16(29(14)3)5-12(2)20-23(40)30(7-17(34)35)26(45-20)21-24(41)31(8-18(36)37)27(46-21)22-25(42)32(9-19(38)39)28(43)47-22/h4-6,33H,7-10H2,1-3H3,(H,34,35)(H,36,37)(H,38,39)/b16-5?,20-12+,26-21+,27-22+. The van der Waals surface area contributed by atoms with Gasteiger partial charge in [0.05, 0.1) is 21.9 Å². The Kier molecular flexibility index (Phi) is 9.38. The van der Waals surface area contributed by atoms with Crippen LogP contribution in [-0.2, 0) is 38.9 Å². The first-order valence-electron chi connectivity index (χ1n) is 13.4. The lowest BCUT2D eigenvalue weighted by molar-refractivity contribution is -0.140. The van der Waals surface area contributed by atoms with E-state index in [4.69, 9.17) is 5.11 Å². The maximum absolute atomic E-state index is 13.7. The van der Waals surface area contributed by atoms with Gasteiger partial charge in [-0.2, -0.15) is 0 Å². The first kappa shape index (κ1) is 33.9. The van der Waals surface area contributed by atoms with Crippen LogP contribution < -0.4 is 25.2 Å². The molecule has 1 aromatic carbocycles. The first-order chi connectivity index (χ1) is 22.1. The Morgan fingerprint density at radius 2 is 1.47 bits per heavy atom. The summed E-state index contributed by atoms with van der Waals surface area (Å²) in [5, 5.41) is 37.7. The Bertz CT molecular complexity index is 2300. The van der Waals surface area contributed by atoms with Gasteiger partial charge in [-0.05, 0) is 60.5 Å². The molecule has 0 unspecified atom stereocenters. The molecular formula is C28H24N4O11S4. The number of hydrogen-bond acceptors (Lipinski definition) is 13. The molecular weight excluding hydrogens is 697 g/mol. The van der Waals surface area contributed by atoms with Gasteiger partial charge in [-0.25, -0.2) is 0 Å². The second-order valence-corrected chi connectivity index (χ2v) is 14.3. The van der Waals surface area contributed by atoms with Crippen molar-refractivity contribution in [2.24, 2.45) is 0 Å². The van der Waals surface area contributed by atoms with E-state index in [2.05, 4.69) is 0 Å². The number of carbonyl (C=O) groups excluding carboxylic acids is 2. The van der Waals surface area contributed by atoms with Gasteiger partial charge in [-0.15, -0.1) is 22.7 Å². The number of anilines is 1. The molecule has 4 N–H and O–H groups in total. The molecule has 2 aliphatic heterocycles. The van der Waals surface area contributed by atoms with Crippen molar-refractivity contribution in [3.63, 3.8) is 0 Å². The minimum atomic E-state index is -1.47. The third-order valence-electron chi connectivity index (χ3n) is 7.08. The van der Waals surface area contributed by atoms with Crippen LogP contribution in [0.15, 0.2) is 37.7 Å². The molecule has 3 aromatic rings. The minimum absolute atomic E-state index is 0.103. The second kappa shape index (κ2) is 13.0. The Morgan fingerprint density at radius 1 is 0.851 bits per heavy atom. The number of nitrogens with zero attached hydrogens (tertiary/aromatic N) is 4. The van der Waals surface area contributed by atoms with Crippen LogP contribution >= 0.6 is 46.2 Å². The number of carbonyl (C=O) groups is 5. The lowest BCUT2D eigenvalue weighted by atomic mass is 10.1. The Hall–Kier alpha value is -4.43. The summed E-state index contributed by atoms with van der Waals surface area (Å²) in [6.45, 7) is 0.676. The number of thioether (sulfide) groups is 2. The molecule has 0 atom stereocenters. The molecule has 2 amide bonds. The van der Waals surface area contributed by atoms with Crippen LogP contribution in [0.25, 0.3) is 10.5 Å². The number of aryl methyl sites for hydroxylation is 1. The van der Waals surface area contributed by atoms with Gasteiger partial charge >= 0.3 is 17.9 Å². The van der Waals surface area contributed by atoms with Gasteiger partial charge < -0.3 is 25.3 Å². The van der Waals surface area contributed by atoms with Crippen molar-refractivity contribution >= 4 is 91.4 Å². The van der Waals surface area contributed by atoms with E-state index in [0.29, 0.717) is 33.6 Å². The Morgan fingerprint density at radius 3 is 2.06 bits per heavy atom. The Labute approximate surface area is 279 Å². The van der Waals surface area contributed by atoms with Crippen LogP contribution in [0.4, 0.5) is 10.5 Å². The predicted octanol–water partition coefficient (Wildman–Crippen LogP) is 0.532. The van der Waals surface area contributed by atoms with Crippen molar-refractivity contribution in [2.45, 2.75) is 38.4 Å². The molecule has 1 saturated heterocycles. The van der Waals surface area contributed by atoms with Gasteiger partial charge in [-0.3, -0.25) is 47.6 Å².